The molecule has 2 heteroatoms. The Morgan fingerprint density at radius 3 is 3.00 bits per heavy atom. The van der Waals surface area contributed by atoms with Crippen LogP contribution in [-0.2, 0) is 0 Å². The van der Waals surface area contributed by atoms with Gasteiger partial charge in [0.25, 0.3) is 0 Å². The van der Waals surface area contributed by atoms with Crippen LogP contribution in [0.25, 0.3) is 0 Å². The minimum Gasteiger partial charge on any atom is -0.320 e. The Morgan fingerprint density at radius 2 is 2.33 bits per heavy atom. The largest absolute Gasteiger partial charge is 0.320 e. The standard InChI is InChI=1S/C10H13FN/c1-12-7-3-5-9-4-2-6-10(11)8-9/h2,4-6,8,12H,3,7H2,1H3. The SMILES string of the molecule is CNCC[CH]c1cccc(F)c1. The number of nitrogens with one attached hydrogen (secondary N) is 1. The van der Waals surface area contributed by atoms with Gasteiger partial charge in [0, 0.05) is 0 Å². The van der Waals surface area contributed by atoms with Gasteiger partial charge in [0.1, 0.15) is 5.82 Å². The van der Waals surface area contributed by atoms with Gasteiger partial charge in [-0.15, -0.1) is 0 Å². The Labute approximate surface area is 72.6 Å². The number of hydrogen-bond acceptors (Lipinski definition) is 1. The van der Waals surface area contributed by atoms with Crippen LogP contribution in [0.4, 0.5) is 4.39 Å². The van der Waals surface area contributed by atoms with Gasteiger partial charge in [0.05, 0.1) is 0 Å². The summed E-state index contributed by atoms with van der Waals surface area (Å²) in [6.45, 7) is 0.927. The highest BCUT2D eigenvalue weighted by molar-refractivity contribution is 5.23. The van der Waals surface area contributed by atoms with Gasteiger partial charge in [-0.25, -0.2) is 4.39 Å². The lowest BCUT2D eigenvalue weighted by atomic mass is 10.1. The van der Waals surface area contributed by atoms with Crippen molar-refractivity contribution in [3.8, 4) is 0 Å². The third-order valence-electron chi connectivity index (χ3n) is 1.62. The summed E-state index contributed by atoms with van der Waals surface area (Å²) in [5.41, 5.74) is 0.949. The lowest BCUT2D eigenvalue weighted by Crippen LogP contribution is -2.07. The van der Waals surface area contributed by atoms with E-state index >= 15 is 0 Å². The van der Waals surface area contributed by atoms with Crippen molar-refractivity contribution in [3.05, 3.63) is 42.1 Å². The topological polar surface area (TPSA) is 12.0 Å². The van der Waals surface area contributed by atoms with Crippen molar-refractivity contribution in [1.82, 2.24) is 5.32 Å². The van der Waals surface area contributed by atoms with Crippen molar-refractivity contribution >= 4 is 0 Å². The van der Waals surface area contributed by atoms with E-state index in [0.29, 0.717) is 0 Å². The van der Waals surface area contributed by atoms with Crippen LogP contribution >= 0.6 is 0 Å². The highest BCUT2D eigenvalue weighted by Crippen LogP contribution is 2.07. The van der Waals surface area contributed by atoms with Gasteiger partial charge in [-0.1, -0.05) is 12.1 Å². The summed E-state index contributed by atoms with van der Waals surface area (Å²) < 4.78 is 12.6. The molecule has 0 amide bonds. The maximum atomic E-state index is 12.6. The molecule has 1 N–H and O–H groups in total. The molecule has 0 aromatic heterocycles. The average molecular weight is 166 g/mol. The molecule has 1 aromatic rings. The molecule has 0 saturated carbocycles. The first-order valence-electron chi connectivity index (χ1n) is 4.06. The van der Waals surface area contributed by atoms with Crippen LogP contribution in [0.15, 0.2) is 24.3 Å². The molecule has 1 rings (SSSR count). The van der Waals surface area contributed by atoms with Crippen molar-refractivity contribution in [2.75, 3.05) is 13.6 Å². The summed E-state index contributed by atoms with van der Waals surface area (Å²) in [6.07, 6.45) is 2.94. The highest BCUT2D eigenvalue weighted by atomic mass is 19.1. The van der Waals surface area contributed by atoms with E-state index in [-0.39, 0.29) is 5.82 Å². The molecule has 0 aliphatic carbocycles. The molecule has 0 spiro atoms. The molecular formula is C10H13FN. The zero-order valence-electron chi connectivity index (χ0n) is 7.18. The van der Waals surface area contributed by atoms with Gasteiger partial charge in [-0.3, -0.25) is 0 Å². The second kappa shape index (κ2) is 4.88. The van der Waals surface area contributed by atoms with Crippen molar-refractivity contribution in [2.45, 2.75) is 6.42 Å². The molecule has 12 heavy (non-hydrogen) atoms. The summed E-state index contributed by atoms with van der Waals surface area (Å²) >= 11 is 0. The monoisotopic (exact) mass is 166 g/mol. The summed E-state index contributed by atoms with van der Waals surface area (Å²) in [7, 11) is 1.90. The van der Waals surface area contributed by atoms with Gasteiger partial charge < -0.3 is 5.32 Å². The van der Waals surface area contributed by atoms with Crippen LogP contribution in [0, 0.1) is 12.2 Å². The van der Waals surface area contributed by atoms with Gasteiger partial charge in [0.15, 0.2) is 0 Å². The lowest BCUT2D eigenvalue weighted by molar-refractivity contribution is 0.626. The molecule has 0 fully saturated rings. The van der Waals surface area contributed by atoms with Crippen LogP contribution in [0.3, 0.4) is 0 Å². The predicted molar refractivity (Wildman–Crippen MR) is 48.3 cm³/mol. The van der Waals surface area contributed by atoms with Crippen LogP contribution < -0.4 is 5.32 Å². The Bertz CT molecular complexity index is 235. The zero-order chi connectivity index (χ0) is 8.81. The van der Waals surface area contributed by atoms with Crippen molar-refractivity contribution in [1.29, 1.82) is 0 Å². The first-order valence-corrected chi connectivity index (χ1v) is 4.06. The van der Waals surface area contributed by atoms with E-state index in [2.05, 4.69) is 5.32 Å². The second-order valence-electron chi connectivity index (χ2n) is 2.65. The molecule has 0 unspecified atom stereocenters. The maximum absolute atomic E-state index is 12.6. The number of benzene rings is 1. The van der Waals surface area contributed by atoms with Gasteiger partial charge in [-0.05, 0) is 44.1 Å². The number of rotatable bonds is 4. The average Bonchev–Trinajstić information content (AvgIpc) is 2.05. The molecule has 0 aliphatic rings. The number of hydrogen-bond donors (Lipinski definition) is 1. The van der Waals surface area contributed by atoms with E-state index in [9.17, 15) is 4.39 Å². The van der Waals surface area contributed by atoms with E-state index in [0.717, 1.165) is 18.5 Å². The quantitative estimate of drug-likeness (QED) is 0.674. The highest BCUT2D eigenvalue weighted by Gasteiger charge is 1.94. The first kappa shape index (κ1) is 9.20. The third kappa shape index (κ3) is 3.01. The second-order valence-corrected chi connectivity index (χ2v) is 2.65. The van der Waals surface area contributed by atoms with Gasteiger partial charge >= 0.3 is 0 Å². The molecule has 1 radical (unpaired) electrons. The first-order chi connectivity index (χ1) is 5.83. The molecule has 1 nitrogen and oxygen atoms in total. The zero-order valence-corrected chi connectivity index (χ0v) is 7.18. The molecular weight excluding hydrogens is 153 g/mol. The summed E-state index contributed by atoms with van der Waals surface area (Å²) in [6, 6.07) is 6.62. The molecule has 65 valence electrons. The summed E-state index contributed by atoms with van der Waals surface area (Å²) in [5, 5.41) is 3.03. The fraction of sp³-hybridized carbons (Fsp3) is 0.300. The summed E-state index contributed by atoms with van der Waals surface area (Å²) in [5.74, 6) is -0.173. The van der Waals surface area contributed by atoms with E-state index in [1.165, 1.54) is 12.1 Å². The number of halogens is 1. The fourth-order valence-electron chi connectivity index (χ4n) is 1.02. The molecule has 1 aromatic carbocycles. The maximum Gasteiger partial charge on any atom is 0.123 e. The van der Waals surface area contributed by atoms with Gasteiger partial charge in [0.2, 0.25) is 0 Å². The van der Waals surface area contributed by atoms with Crippen molar-refractivity contribution in [3.63, 3.8) is 0 Å². The van der Waals surface area contributed by atoms with E-state index in [1.807, 2.05) is 19.5 Å². The minimum absolute atomic E-state index is 0.173. The minimum atomic E-state index is -0.173. The fourth-order valence-corrected chi connectivity index (χ4v) is 1.02. The van der Waals surface area contributed by atoms with E-state index in [1.54, 1.807) is 6.07 Å². The van der Waals surface area contributed by atoms with Crippen LogP contribution in [0.2, 0.25) is 0 Å². The Morgan fingerprint density at radius 1 is 1.50 bits per heavy atom. The Kier molecular flexibility index (Phi) is 3.74. The molecule has 0 aliphatic heterocycles. The third-order valence-corrected chi connectivity index (χ3v) is 1.62. The molecule has 0 atom stereocenters. The van der Waals surface area contributed by atoms with Crippen LogP contribution in [0.5, 0.6) is 0 Å². The van der Waals surface area contributed by atoms with E-state index in [4.69, 9.17) is 0 Å². The Hall–Kier alpha value is -0.890. The van der Waals surface area contributed by atoms with Crippen LogP contribution in [-0.4, -0.2) is 13.6 Å². The lowest BCUT2D eigenvalue weighted by Gasteiger charge is -1.99. The molecule has 0 saturated heterocycles. The normalized spacial score (nSPS) is 10.2. The Balaban J connectivity index is 2.41. The van der Waals surface area contributed by atoms with Crippen molar-refractivity contribution in [2.24, 2.45) is 0 Å². The van der Waals surface area contributed by atoms with Crippen molar-refractivity contribution < 1.29 is 4.39 Å². The van der Waals surface area contributed by atoms with Gasteiger partial charge in [-0.2, -0.15) is 0 Å². The van der Waals surface area contributed by atoms with E-state index < -0.39 is 0 Å². The molecule has 0 heterocycles. The molecule has 0 bridgehead atoms. The summed E-state index contributed by atoms with van der Waals surface area (Å²) in [4.78, 5) is 0. The predicted octanol–water partition coefficient (Wildman–Crippen LogP) is 1.99. The van der Waals surface area contributed by atoms with Crippen LogP contribution in [0.1, 0.15) is 12.0 Å². The smallest absolute Gasteiger partial charge is 0.123 e.